The van der Waals surface area contributed by atoms with Gasteiger partial charge in [0.2, 0.25) is 21.7 Å². The lowest BCUT2D eigenvalue weighted by atomic mass is 10.2. The minimum Gasteiger partial charge on any atom is -0.337 e. The van der Waals surface area contributed by atoms with E-state index in [4.69, 9.17) is 4.52 Å². The van der Waals surface area contributed by atoms with E-state index in [9.17, 15) is 18.5 Å². The monoisotopic (exact) mass is 394 g/mol. The average molecular weight is 394 g/mol. The summed E-state index contributed by atoms with van der Waals surface area (Å²) >= 11 is 1.44. The number of nitro groups is 1. The summed E-state index contributed by atoms with van der Waals surface area (Å²) in [6, 6.07) is 7.45. The maximum atomic E-state index is 12.7. The van der Waals surface area contributed by atoms with Crippen LogP contribution in [0.2, 0.25) is 0 Å². The largest absolute Gasteiger partial charge is 0.337 e. The lowest BCUT2D eigenvalue weighted by Crippen LogP contribution is -2.26. The zero-order chi connectivity index (χ0) is 18.9. The van der Waals surface area contributed by atoms with Crippen LogP contribution in [0.15, 0.2) is 45.1 Å². The van der Waals surface area contributed by atoms with Crippen LogP contribution in [0.3, 0.4) is 0 Å². The number of nitro benzene ring substituents is 1. The van der Waals surface area contributed by atoms with Gasteiger partial charge in [0.15, 0.2) is 0 Å². The Morgan fingerprint density at radius 1 is 1.35 bits per heavy atom. The zero-order valence-electron chi connectivity index (χ0n) is 13.8. The smallest absolute Gasteiger partial charge is 0.273 e. The number of thiophene rings is 1. The second-order valence-corrected chi connectivity index (χ2v) is 8.45. The first-order valence-corrected chi connectivity index (χ1v) is 9.69. The van der Waals surface area contributed by atoms with E-state index in [0.717, 1.165) is 15.2 Å². The molecular formula is C15H14N4O5S2. The van der Waals surface area contributed by atoms with Crippen LogP contribution < -0.4 is 0 Å². The molecule has 0 atom stereocenters. The highest BCUT2D eigenvalue weighted by Crippen LogP contribution is 2.25. The molecule has 0 amide bonds. The van der Waals surface area contributed by atoms with E-state index in [-0.39, 0.29) is 23.0 Å². The van der Waals surface area contributed by atoms with Crippen molar-refractivity contribution < 1.29 is 17.9 Å². The van der Waals surface area contributed by atoms with Crippen LogP contribution in [-0.4, -0.2) is 34.8 Å². The van der Waals surface area contributed by atoms with E-state index >= 15 is 0 Å². The Kier molecular flexibility index (Phi) is 4.85. The molecular weight excluding hydrogens is 380 g/mol. The summed E-state index contributed by atoms with van der Waals surface area (Å²) in [6.45, 7) is 1.39. The molecule has 0 radical (unpaired) electrons. The first-order chi connectivity index (χ1) is 12.3. The van der Waals surface area contributed by atoms with Gasteiger partial charge in [-0.05, 0) is 24.4 Å². The van der Waals surface area contributed by atoms with Crippen LogP contribution >= 0.6 is 11.3 Å². The van der Waals surface area contributed by atoms with Gasteiger partial charge in [0.05, 0.1) is 21.2 Å². The third kappa shape index (κ3) is 3.49. The Balaban J connectivity index is 1.84. The summed E-state index contributed by atoms with van der Waals surface area (Å²) < 4.78 is 31.5. The van der Waals surface area contributed by atoms with Crippen molar-refractivity contribution in [2.24, 2.45) is 0 Å². The Hall–Kier alpha value is -2.63. The third-order valence-electron chi connectivity index (χ3n) is 3.65. The number of aryl methyl sites for hydroxylation is 1. The summed E-state index contributed by atoms with van der Waals surface area (Å²) in [7, 11) is -2.61. The molecule has 26 heavy (non-hydrogen) atoms. The van der Waals surface area contributed by atoms with E-state index in [2.05, 4.69) is 10.1 Å². The van der Waals surface area contributed by atoms with Crippen LogP contribution in [0.25, 0.3) is 10.7 Å². The van der Waals surface area contributed by atoms with E-state index in [1.807, 2.05) is 17.5 Å². The van der Waals surface area contributed by atoms with Crippen molar-refractivity contribution in [2.75, 3.05) is 7.05 Å². The summed E-state index contributed by atoms with van der Waals surface area (Å²) in [5.74, 6) is 0.507. The summed E-state index contributed by atoms with van der Waals surface area (Å²) in [4.78, 5) is 15.2. The molecule has 0 aliphatic rings. The first-order valence-electron chi connectivity index (χ1n) is 7.37. The Morgan fingerprint density at radius 2 is 2.12 bits per heavy atom. The molecule has 0 N–H and O–H groups in total. The van der Waals surface area contributed by atoms with Crippen LogP contribution in [-0.2, 0) is 16.6 Å². The minimum atomic E-state index is -3.95. The molecule has 9 nitrogen and oxygen atoms in total. The van der Waals surface area contributed by atoms with Crippen molar-refractivity contribution >= 4 is 27.0 Å². The molecule has 3 rings (SSSR count). The molecule has 0 fully saturated rings. The average Bonchev–Trinajstić information content (AvgIpc) is 3.25. The predicted octanol–water partition coefficient (Wildman–Crippen LogP) is 2.84. The normalized spacial score (nSPS) is 11.8. The Morgan fingerprint density at radius 3 is 2.77 bits per heavy atom. The van der Waals surface area contributed by atoms with Gasteiger partial charge < -0.3 is 4.52 Å². The topological polar surface area (TPSA) is 119 Å². The fourth-order valence-corrected chi connectivity index (χ4v) is 4.02. The molecule has 0 saturated heterocycles. The zero-order valence-corrected chi connectivity index (χ0v) is 15.5. The van der Waals surface area contributed by atoms with E-state index < -0.39 is 14.9 Å². The Labute approximate surface area is 153 Å². The van der Waals surface area contributed by atoms with Gasteiger partial charge in [-0.15, -0.1) is 11.3 Å². The molecule has 0 unspecified atom stereocenters. The fraction of sp³-hybridized carbons (Fsp3) is 0.200. The van der Waals surface area contributed by atoms with E-state index in [0.29, 0.717) is 11.4 Å². The second-order valence-electron chi connectivity index (χ2n) is 5.46. The van der Waals surface area contributed by atoms with Crippen LogP contribution in [0, 0.1) is 17.0 Å². The maximum Gasteiger partial charge on any atom is 0.273 e. The molecule has 0 bridgehead atoms. The standard InChI is InChI=1S/C15H14N4O5S2/c1-10-5-6-11(8-12(10)19(20)21)26(22,23)18(2)9-14-16-15(17-24-14)13-4-3-7-25-13/h3-8H,9H2,1-2H3. The summed E-state index contributed by atoms with van der Waals surface area (Å²) in [6.07, 6.45) is 0. The fourth-order valence-electron chi connectivity index (χ4n) is 2.23. The molecule has 3 aromatic rings. The third-order valence-corrected chi connectivity index (χ3v) is 6.32. The number of benzene rings is 1. The van der Waals surface area contributed by atoms with Crippen molar-refractivity contribution in [1.29, 1.82) is 0 Å². The van der Waals surface area contributed by atoms with Gasteiger partial charge in [-0.25, -0.2) is 8.42 Å². The van der Waals surface area contributed by atoms with Crippen molar-refractivity contribution in [3.05, 3.63) is 57.3 Å². The maximum absolute atomic E-state index is 12.7. The van der Waals surface area contributed by atoms with Crippen LogP contribution in [0.4, 0.5) is 5.69 Å². The van der Waals surface area contributed by atoms with Crippen LogP contribution in [0.5, 0.6) is 0 Å². The SMILES string of the molecule is Cc1ccc(S(=O)(=O)N(C)Cc2nc(-c3cccs3)no2)cc1[N+](=O)[O-]. The molecule has 1 aromatic carbocycles. The van der Waals surface area contributed by atoms with Gasteiger partial charge in [0.1, 0.15) is 0 Å². The molecule has 0 saturated carbocycles. The highest BCUT2D eigenvalue weighted by atomic mass is 32.2. The van der Waals surface area contributed by atoms with Gasteiger partial charge in [-0.3, -0.25) is 10.1 Å². The van der Waals surface area contributed by atoms with Gasteiger partial charge in [0.25, 0.3) is 5.69 Å². The summed E-state index contributed by atoms with van der Waals surface area (Å²) in [5.41, 5.74) is 0.131. The number of sulfonamides is 1. The molecule has 11 heteroatoms. The highest BCUT2D eigenvalue weighted by Gasteiger charge is 2.26. The van der Waals surface area contributed by atoms with Gasteiger partial charge in [0, 0.05) is 18.7 Å². The first kappa shape index (κ1) is 18.2. The van der Waals surface area contributed by atoms with Gasteiger partial charge in [-0.1, -0.05) is 17.3 Å². The van der Waals surface area contributed by atoms with Crippen molar-refractivity contribution in [2.45, 2.75) is 18.4 Å². The lowest BCUT2D eigenvalue weighted by Gasteiger charge is -2.15. The van der Waals surface area contributed by atoms with Crippen molar-refractivity contribution in [3.63, 3.8) is 0 Å². The molecule has 0 aliphatic carbocycles. The van der Waals surface area contributed by atoms with Crippen LogP contribution in [0.1, 0.15) is 11.5 Å². The molecule has 2 aromatic heterocycles. The minimum absolute atomic E-state index is 0.126. The second kappa shape index (κ2) is 6.94. The Bertz CT molecular complexity index is 1040. The number of rotatable bonds is 6. The van der Waals surface area contributed by atoms with Gasteiger partial charge >= 0.3 is 0 Å². The van der Waals surface area contributed by atoms with Crippen molar-refractivity contribution in [1.82, 2.24) is 14.4 Å². The summed E-state index contributed by atoms with van der Waals surface area (Å²) in [5, 5.41) is 16.7. The lowest BCUT2D eigenvalue weighted by molar-refractivity contribution is -0.385. The van der Waals surface area contributed by atoms with E-state index in [1.54, 1.807) is 6.92 Å². The molecule has 2 heterocycles. The van der Waals surface area contributed by atoms with E-state index in [1.165, 1.54) is 30.5 Å². The number of nitrogens with zero attached hydrogens (tertiary/aromatic N) is 4. The molecule has 0 aliphatic heterocycles. The number of aromatic nitrogens is 2. The highest BCUT2D eigenvalue weighted by molar-refractivity contribution is 7.89. The number of hydrogen-bond acceptors (Lipinski definition) is 8. The predicted molar refractivity (Wildman–Crippen MR) is 94.1 cm³/mol. The van der Waals surface area contributed by atoms with Gasteiger partial charge in [-0.2, -0.15) is 9.29 Å². The molecule has 136 valence electrons. The quantitative estimate of drug-likeness (QED) is 0.466. The molecule has 0 spiro atoms. The number of hydrogen-bond donors (Lipinski definition) is 0. The van der Waals surface area contributed by atoms with Crippen molar-refractivity contribution in [3.8, 4) is 10.7 Å².